The minimum atomic E-state index is -0.177. The molecule has 0 spiro atoms. The first-order valence-electron chi connectivity index (χ1n) is 8.76. The molecule has 4 rings (SSSR count). The number of nitrogens with one attached hydrogen (secondary N) is 2. The van der Waals surface area contributed by atoms with E-state index in [4.69, 9.17) is 0 Å². The fourth-order valence-corrected chi connectivity index (χ4v) is 3.10. The maximum atomic E-state index is 12.2. The standard InChI is InChI=1S/C19H22N6O/c1-15-20-10-12-25(15)17-5-3-16(4-6-17)23-18(26)21-13-19(7-8-19)14-24-11-2-9-22-24/h2-6,9-12H,7-8,13-14H2,1H3,(H2,21,23,26). The average Bonchev–Trinajstić information content (AvgIpc) is 3.00. The minimum Gasteiger partial charge on any atom is -0.337 e. The Morgan fingerprint density at radius 2 is 2.00 bits per heavy atom. The molecule has 2 heterocycles. The SMILES string of the molecule is Cc1nccn1-c1ccc(NC(=O)NCC2(Cn3cccn3)CC2)cc1. The highest BCUT2D eigenvalue weighted by atomic mass is 16.2. The summed E-state index contributed by atoms with van der Waals surface area (Å²) in [5, 5.41) is 10.1. The Bertz CT molecular complexity index is 877. The second-order valence-electron chi connectivity index (χ2n) is 6.90. The normalized spacial score (nSPS) is 14.8. The Morgan fingerprint density at radius 3 is 2.62 bits per heavy atom. The van der Waals surface area contributed by atoms with Gasteiger partial charge in [0.1, 0.15) is 5.82 Å². The number of hydrogen-bond donors (Lipinski definition) is 2. The van der Waals surface area contributed by atoms with Crippen LogP contribution in [0.1, 0.15) is 18.7 Å². The Balaban J connectivity index is 1.30. The van der Waals surface area contributed by atoms with Crippen LogP contribution in [0.4, 0.5) is 10.5 Å². The van der Waals surface area contributed by atoms with Crippen molar-refractivity contribution < 1.29 is 4.79 Å². The number of rotatable bonds is 6. The van der Waals surface area contributed by atoms with Crippen molar-refractivity contribution in [2.45, 2.75) is 26.3 Å². The molecule has 2 amide bonds. The van der Waals surface area contributed by atoms with Crippen molar-refractivity contribution >= 4 is 11.7 Å². The number of anilines is 1. The Kier molecular flexibility index (Phi) is 4.20. The number of urea groups is 1. The molecule has 1 aromatic carbocycles. The number of carbonyl (C=O) groups is 1. The number of carbonyl (C=O) groups excluding carboxylic acids is 1. The maximum absolute atomic E-state index is 12.2. The molecule has 0 radical (unpaired) electrons. The van der Waals surface area contributed by atoms with E-state index in [0.29, 0.717) is 6.54 Å². The van der Waals surface area contributed by atoms with Crippen molar-refractivity contribution in [3.63, 3.8) is 0 Å². The molecule has 0 bridgehead atoms. The van der Waals surface area contributed by atoms with Gasteiger partial charge in [0, 0.05) is 54.7 Å². The number of imidazole rings is 1. The smallest absolute Gasteiger partial charge is 0.319 e. The van der Waals surface area contributed by atoms with Crippen molar-refractivity contribution in [1.82, 2.24) is 24.6 Å². The van der Waals surface area contributed by atoms with Gasteiger partial charge >= 0.3 is 6.03 Å². The van der Waals surface area contributed by atoms with Gasteiger partial charge in [-0.25, -0.2) is 9.78 Å². The molecule has 134 valence electrons. The highest BCUT2D eigenvalue weighted by Gasteiger charge is 2.43. The molecule has 26 heavy (non-hydrogen) atoms. The summed E-state index contributed by atoms with van der Waals surface area (Å²) in [6.07, 6.45) is 9.66. The van der Waals surface area contributed by atoms with Crippen molar-refractivity contribution in [2.24, 2.45) is 5.41 Å². The van der Waals surface area contributed by atoms with Gasteiger partial charge in [-0.1, -0.05) is 0 Å². The molecule has 1 aliphatic carbocycles. The first-order valence-corrected chi connectivity index (χ1v) is 8.76. The number of amides is 2. The molecular formula is C19H22N6O. The molecule has 0 unspecified atom stereocenters. The third-order valence-corrected chi connectivity index (χ3v) is 4.87. The van der Waals surface area contributed by atoms with Gasteiger partial charge in [-0.3, -0.25) is 4.68 Å². The van der Waals surface area contributed by atoms with E-state index in [0.717, 1.165) is 36.6 Å². The van der Waals surface area contributed by atoms with Crippen LogP contribution in [0.3, 0.4) is 0 Å². The zero-order chi connectivity index (χ0) is 18.0. The maximum Gasteiger partial charge on any atom is 0.319 e. The van der Waals surface area contributed by atoms with Gasteiger partial charge in [0.15, 0.2) is 0 Å². The lowest BCUT2D eigenvalue weighted by atomic mass is 10.1. The lowest BCUT2D eigenvalue weighted by molar-refractivity contribution is 0.248. The highest BCUT2D eigenvalue weighted by molar-refractivity contribution is 5.89. The molecule has 2 N–H and O–H groups in total. The number of aryl methyl sites for hydroxylation is 1. The second kappa shape index (κ2) is 6.67. The Hall–Kier alpha value is -3.09. The fourth-order valence-electron chi connectivity index (χ4n) is 3.10. The number of hydrogen-bond acceptors (Lipinski definition) is 3. The van der Waals surface area contributed by atoms with Gasteiger partial charge in [0.05, 0.1) is 0 Å². The van der Waals surface area contributed by atoms with Crippen LogP contribution < -0.4 is 10.6 Å². The zero-order valence-corrected chi connectivity index (χ0v) is 14.7. The summed E-state index contributed by atoms with van der Waals surface area (Å²) in [4.78, 5) is 16.4. The van der Waals surface area contributed by atoms with Gasteiger partial charge in [0.2, 0.25) is 0 Å². The van der Waals surface area contributed by atoms with Gasteiger partial charge in [-0.2, -0.15) is 5.10 Å². The van der Waals surface area contributed by atoms with Crippen molar-refractivity contribution in [2.75, 3.05) is 11.9 Å². The summed E-state index contributed by atoms with van der Waals surface area (Å²) in [7, 11) is 0. The van der Waals surface area contributed by atoms with Gasteiger partial charge < -0.3 is 15.2 Å². The Morgan fingerprint density at radius 1 is 1.19 bits per heavy atom. The average molecular weight is 350 g/mol. The fraction of sp³-hybridized carbons (Fsp3) is 0.316. The quantitative estimate of drug-likeness (QED) is 0.717. The van der Waals surface area contributed by atoms with Gasteiger partial charge in [0.25, 0.3) is 0 Å². The summed E-state index contributed by atoms with van der Waals surface area (Å²) < 4.78 is 3.93. The number of aromatic nitrogens is 4. The summed E-state index contributed by atoms with van der Waals surface area (Å²) in [5.74, 6) is 0.926. The lowest BCUT2D eigenvalue weighted by Gasteiger charge is -2.16. The predicted octanol–water partition coefficient (Wildman–Crippen LogP) is 2.98. The van der Waals surface area contributed by atoms with Crippen molar-refractivity contribution in [3.05, 3.63) is 60.9 Å². The monoisotopic (exact) mass is 350 g/mol. The van der Waals surface area contributed by atoms with Crippen LogP contribution in [0, 0.1) is 12.3 Å². The van der Waals surface area contributed by atoms with Crippen LogP contribution in [0.5, 0.6) is 0 Å². The van der Waals surface area contributed by atoms with E-state index in [1.54, 1.807) is 12.4 Å². The van der Waals surface area contributed by atoms with E-state index < -0.39 is 0 Å². The van der Waals surface area contributed by atoms with E-state index in [2.05, 4.69) is 20.7 Å². The summed E-state index contributed by atoms with van der Waals surface area (Å²) in [6.45, 7) is 3.46. The molecule has 1 saturated carbocycles. The van der Waals surface area contributed by atoms with Crippen LogP contribution in [0.25, 0.3) is 5.69 Å². The van der Waals surface area contributed by atoms with Crippen molar-refractivity contribution in [1.29, 1.82) is 0 Å². The minimum absolute atomic E-state index is 0.145. The molecule has 0 atom stereocenters. The first-order chi connectivity index (χ1) is 12.6. The van der Waals surface area contributed by atoms with Crippen LogP contribution in [-0.4, -0.2) is 31.9 Å². The predicted molar refractivity (Wildman–Crippen MR) is 99.2 cm³/mol. The van der Waals surface area contributed by atoms with E-state index in [-0.39, 0.29) is 11.4 Å². The number of benzene rings is 1. The van der Waals surface area contributed by atoms with E-state index in [9.17, 15) is 4.79 Å². The summed E-state index contributed by atoms with van der Waals surface area (Å²) in [6, 6.07) is 9.46. The topological polar surface area (TPSA) is 76.8 Å². The molecule has 1 aliphatic rings. The number of nitrogens with zero attached hydrogens (tertiary/aromatic N) is 4. The molecular weight excluding hydrogens is 328 g/mol. The van der Waals surface area contributed by atoms with E-state index >= 15 is 0 Å². The van der Waals surface area contributed by atoms with Crippen LogP contribution in [0.2, 0.25) is 0 Å². The van der Waals surface area contributed by atoms with Crippen LogP contribution in [-0.2, 0) is 6.54 Å². The lowest BCUT2D eigenvalue weighted by Crippen LogP contribution is -2.35. The summed E-state index contributed by atoms with van der Waals surface area (Å²) >= 11 is 0. The van der Waals surface area contributed by atoms with E-state index in [1.807, 2.05) is 58.9 Å². The zero-order valence-electron chi connectivity index (χ0n) is 14.7. The van der Waals surface area contributed by atoms with Crippen molar-refractivity contribution in [3.8, 4) is 5.69 Å². The molecule has 0 aliphatic heterocycles. The van der Waals surface area contributed by atoms with Gasteiger partial charge in [-0.15, -0.1) is 0 Å². The third kappa shape index (κ3) is 3.61. The highest BCUT2D eigenvalue weighted by Crippen LogP contribution is 2.46. The second-order valence-corrected chi connectivity index (χ2v) is 6.90. The van der Waals surface area contributed by atoms with Gasteiger partial charge in [-0.05, 0) is 50.1 Å². The van der Waals surface area contributed by atoms with Crippen LogP contribution in [0.15, 0.2) is 55.1 Å². The van der Waals surface area contributed by atoms with E-state index in [1.165, 1.54) is 0 Å². The summed E-state index contributed by atoms with van der Waals surface area (Å²) in [5.41, 5.74) is 1.93. The largest absolute Gasteiger partial charge is 0.337 e. The third-order valence-electron chi connectivity index (χ3n) is 4.87. The molecule has 7 heteroatoms. The Labute approximate surface area is 152 Å². The molecule has 1 fully saturated rings. The molecule has 0 saturated heterocycles. The first kappa shape index (κ1) is 16.4. The molecule has 3 aromatic rings. The van der Waals surface area contributed by atoms with Crippen LogP contribution >= 0.6 is 0 Å². The molecule has 7 nitrogen and oxygen atoms in total. The molecule has 2 aromatic heterocycles.